The number of benzene rings is 1. The fourth-order valence-electron chi connectivity index (χ4n) is 1.25. The molecule has 1 aromatic carbocycles. The molecular formula is C13H16O4S. The Morgan fingerprint density at radius 3 is 2.72 bits per heavy atom. The zero-order chi connectivity index (χ0) is 13.4. The first kappa shape index (κ1) is 14.6. The molecule has 0 bridgehead atoms. The lowest BCUT2D eigenvalue weighted by Crippen LogP contribution is -2.15. The van der Waals surface area contributed by atoms with Crippen molar-refractivity contribution in [2.75, 3.05) is 24.7 Å². The number of hydrogen-bond acceptors (Lipinski definition) is 4. The van der Waals surface area contributed by atoms with Gasteiger partial charge in [-0.2, -0.15) is 0 Å². The largest absolute Gasteiger partial charge is 0.491 e. The molecule has 1 rings (SSSR count). The molecular weight excluding hydrogens is 252 g/mol. The van der Waals surface area contributed by atoms with Crippen molar-refractivity contribution in [3.63, 3.8) is 0 Å². The number of ether oxygens (including phenoxy) is 1. The smallest absolute Gasteiger partial charge is 0.153 e. The highest BCUT2D eigenvalue weighted by atomic mass is 32.2. The summed E-state index contributed by atoms with van der Waals surface area (Å²) < 4.78 is 28.0. The second kappa shape index (κ2) is 7.04. The molecule has 0 saturated heterocycles. The third kappa shape index (κ3) is 4.78. The number of aliphatic hydroxyl groups excluding tert-OH is 1. The lowest BCUT2D eigenvalue weighted by molar-refractivity contribution is 0.340. The zero-order valence-corrected chi connectivity index (χ0v) is 11.0. The van der Waals surface area contributed by atoms with E-state index in [-0.39, 0.29) is 24.7 Å². The van der Waals surface area contributed by atoms with Crippen LogP contribution in [0, 0.1) is 11.8 Å². The Labute approximate surface area is 108 Å². The second-order valence-corrected chi connectivity index (χ2v) is 6.01. The van der Waals surface area contributed by atoms with Gasteiger partial charge in [0, 0.05) is 5.75 Å². The minimum absolute atomic E-state index is 0.00867. The molecule has 0 spiro atoms. The van der Waals surface area contributed by atoms with Gasteiger partial charge in [0.25, 0.3) is 0 Å². The number of rotatable bonds is 5. The maximum absolute atomic E-state index is 11.3. The summed E-state index contributed by atoms with van der Waals surface area (Å²) in [6, 6.07) is 7.07. The monoisotopic (exact) mass is 268 g/mol. The van der Waals surface area contributed by atoms with Gasteiger partial charge in [-0.1, -0.05) is 30.9 Å². The van der Waals surface area contributed by atoms with E-state index in [4.69, 9.17) is 9.84 Å². The molecule has 1 aromatic rings. The van der Waals surface area contributed by atoms with Crippen LogP contribution in [-0.4, -0.2) is 38.2 Å². The van der Waals surface area contributed by atoms with Gasteiger partial charge in [0.05, 0.1) is 11.3 Å². The number of para-hydroxylation sites is 1. The Morgan fingerprint density at radius 1 is 1.33 bits per heavy atom. The van der Waals surface area contributed by atoms with Crippen molar-refractivity contribution >= 4 is 9.84 Å². The van der Waals surface area contributed by atoms with E-state index in [9.17, 15) is 8.42 Å². The maximum Gasteiger partial charge on any atom is 0.153 e. The van der Waals surface area contributed by atoms with E-state index in [0.29, 0.717) is 11.3 Å². The van der Waals surface area contributed by atoms with Crippen LogP contribution in [0.2, 0.25) is 0 Å². The summed E-state index contributed by atoms with van der Waals surface area (Å²) in [4.78, 5) is 0. The van der Waals surface area contributed by atoms with Gasteiger partial charge in [0.2, 0.25) is 0 Å². The Morgan fingerprint density at radius 2 is 2.06 bits per heavy atom. The fourth-order valence-corrected chi connectivity index (χ4v) is 1.88. The number of aliphatic hydroxyl groups is 1. The molecule has 4 nitrogen and oxygen atoms in total. The Balaban J connectivity index is 2.68. The molecule has 0 aliphatic heterocycles. The van der Waals surface area contributed by atoms with E-state index in [1.54, 1.807) is 31.2 Å². The number of sulfone groups is 1. The SMILES string of the molecule is CCS(=O)(=O)CCOc1ccccc1C#CCO. The molecule has 0 aromatic heterocycles. The van der Waals surface area contributed by atoms with Gasteiger partial charge in [-0.15, -0.1) is 0 Å². The molecule has 0 unspecified atom stereocenters. The molecule has 0 aliphatic rings. The van der Waals surface area contributed by atoms with E-state index >= 15 is 0 Å². The van der Waals surface area contributed by atoms with Crippen molar-refractivity contribution in [2.24, 2.45) is 0 Å². The first-order chi connectivity index (χ1) is 8.59. The van der Waals surface area contributed by atoms with Crippen molar-refractivity contribution in [1.82, 2.24) is 0 Å². The molecule has 0 radical (unpaired) electrons. The molecule has 0 aliphatic carbocycles. The molecule has 5 heteroatoms. The minimum Gasteiger partial charge on any atom is -0.491 e. The molecule has 0 fully saturated rings. The van der Waals surface area contributed by atoms with Crippen LogP contribution in [0.5, 0.6) is 5.75 Å². The highest BCUT2D eigenvalue weighted by Crippen LogP contribution is 2.16. The Kier molecular flexibility index (Phi) is 5.69. The summed E-state index contributed by atoms with van der Waals surface area (Å²) in [6.45, 7) is 1.49. The Bertz CT molecular complexity index is 538. The van der Waals surface area contributed by atoms with E-state index in [2.05, 4.69) is 11.8 Å². The summed E-state index contributed by atoms with van der Waals surface area (Å²) in [7, 11) is -3.02. The lowest BCUT2D eigenvalue weighted by atomic mass is 10.2. The number of hydrogen-bond donors (Lipinski definition) is 1. The molecule has 0 saturated carbocycles. The van der Waals surface area contributed by atoms with Crippen LogP contribution in [0.4, 0.5) is 0 Å². The second-order valence-electron chi connectivity index (χ2n) is 3.54. The molecule has 1 N–H and O–H groups in total. The quantitative estimate of drug-likeness (QED) is 0.804. The first-order valence-corrected chi connectivity index (χ1v) is 7.43. The molecule has 0 amide bonds. The van der Waals surface area contributed by atoms with Crippen molar-refractivity contribution in [1.29, 1.82) is 0 Å². The first-order valence-electron chi connectivity index (χ1n) is 5.61. The van der Waals surface area contributed by atoms with Crippen LogP contribution >= 0.6 is 0 Å². The average Bonchev–Trinajstić information content (AvgIpc) is 2.37. The van der Waals surface area contributed by atoms with Crippen molar-refractivity contribution in [2.45, 2.75) is 6.92 Å². The summed E-state index contributed by atoms with van der Waals surface area (Å²) in [5, 5.41) is 8.64. The van der Waals surface area contributed by atoms with Crippen molar-refractivity contribution in [3.05, 3.63) is 29.8 Å². The van der Waals surface area contributed by atoms with Gasteiger partial charge in [-0.05, 0) is 12.1 Å². The van der Waals surface area contributed by atoms with Crippen LogP contribution in [0.25, 0.3) is 0 Å². The molecule has 0 atom stereocenters. The minimum atomic E-state index is -3.02. The lowest BCUT2D eigenvalue weighted by Gasteiger charge is -2.07. The van der Waals surface area contributed by atoms with Gasteiger partial charge < -0.3 is 9.84 Å². The normalized spacial score (nSPS) is 10.6. The summed E-state index contributed by atoms with van der Waals surface area (Å²) >= 11 is 0. The van der Waals surface area contributed by atoms with Gasteiger partial charge >= 0.3 is 0 Å². The van der Waals surface area contributed by atoms with E-state index in [1.165, 1.54) is 0 Å². The van der Waals surface area contributed by atoms with Crippen LogP contribution in [-0.2, 0) is 9.84 Å². The molecule has 98 valence electrons. The van der Waals surface area contributed by atoms with Crippen LogP contribution in [0.1, 0.15) is 12.5 Å². The van der Waals surface area contributed by atoms with E-state index in [1.807, 2.05) is 0 Å². The van der Waals surface area contributed by atoms with Crippen LogP contribution in [0.15, 0.2) is 24.3 Å². The Hall–Kier alpha value is -1.51. The molecule has 0 heterocycles. The summed E-state index contributed by atoms with van der Waals surface area (Å²) in [5.74, 6) is 5.92. The van der Waals surface area contributed by atoms with Crippen LogP contribution in [0.3, 0.4) is 0 Å². The highest BCUT2D eigenvalue weighted by molar-refractivity contribution is 7.91. The topological polar surface area (TPSA) is 63.6 Å². The van der Waals surface area contributed by atoms with Crippen LogP contribution < -0.4 is 4.74 Å². The highest BCUT2D eigenvalue weighted by Gasteiger charge is 2.08. The third-order valence-corrected chi connectivity index (χ3v) is 3.95. The van der Waals surface area contributed by atoms with Gasteiger partial charge in [0.15, 0.2) is 9.84 Å². The summed E-state index contributed by atoms with van der Waals surface area (Å²) in [5.41, 5.74) is 0.639. The predicted octanol–water partition coefficient (Wildman–Crippen LogP) is 0.844. The third-order valence-electron chi connectivity index (χ3n) is 2.28. The average molecular weight is 268 g/mol. The van der Waals surface area contributed by atoms with Crippen molar-refractivity contribution in [3.8, 4) is 17.6 Å². The maximum atomic E-state index is 11.3. The molecule has 18 heavy (non-hydrogen) atoms. The zero-order valence-electron chi connectivity index (χ0n) is 10.2. The fraction of sp³-hybridized carbons (Fsp3) is 0.385. The van der Waals surface area contributed by atoms with Gasteiger partial charge in [-0.25, -0.2) is 8.42 Å². The van der Waals surface area contributed by atoms with E-state index < -0.39 is 9.84 Å². The van der Waals surface area contributed by atoms with Gasteiger partial charge in [-0.3, -0.25) is 0 Å². The van der Waals surface area contributed by atoms with Gasteiger partial charge in [0.1, 0.15) is 19.0 Å². The summed E-state index contributed by atoms with van der Waals surface area (Å²) in [6.07, 6.45) is 0. The van der Waals surface area contributed by atoms with E-state index in [0.717, 1.165) is 0 Å². The van der Waals surface area contributed by atoms with Crippen molar-refractivity contribution < 1.29 is 18.3 Å². The standard InChI is InChI=1S/C13H16O4S/c1-2-18(15,16)11-10-17-13-8-4-3-6-12(13)7-5-9-14/h3-4,6,8,14H,2,9-11H2,1H3. The predicted molar refractivity (Wildman–Crippen MR) is 70.2 cm³/mol.